The second-order valence-corrected chi connectivity index (χ2v) is 7.30. The molecule has 0 aliphatic heterocycles. The summed E-state index contributed by atoms with van der Waals surface area (Å²) >= 11 is 0. The molecule has 10 nitrogen and oxygen atoms in total. The van der Waals surface area contributed by atoms with Crippen molar-refractivity contribution in [2.24, 2.45) is 7.05 Å². The number of hydrogen-bond acceptors (Lipinski definition) is 8. The highest BCUT2D eigenvalue weighted by molar-refractivity contribution is 5.74. The maximum Gasteiger partial charge on any atom is 0.431 e. The summed E-state index contributed by atoms with van der Waals surface area (Å²) in [5, 5.41) is 0. The summed E-state index contributed by atoms with van der Waals surface area (Å²) in [5.41, 5.74) is 0.468. The molecule has 0 saturated carbocycles. The van der Waals surface area contributed by atoms with Crippen LogP contribution < -0.4 is 26.5 Å². The molecule has 2 heterocycles. The molecule has 1 unspecified atom stereocenters. The van der Waals surface area contributed by atoms with Gasteiger partial charge in [-0.15, -0.1) is 0 Å². The fraction of sp³-hybridized carbons (Fsp3) is 0.273. The van der Waals surface area contributed by atoms with Crippen LogP contribution in [0, 0.1) is 5.82 Å². The fourth-order valence-electron chi connectivity index (χ4n) is 3.07. The lowest BCUT2D eigenvalue weighted by Crippen LogP contribution is -2.41. The quantitative estimate of drug-likeness (QED) is 0.291. The Morgan fingerprint density at radius 2 is 1.89 bits per heavy atom. The monoisotopic (exact) mass is 512 g/mol. The number of pyridine rings is 1. The third-order valence-corrected chi connectivity index (χ3v) is 4.79. The molecule has 1 aromatic carbocycles. The van der Waals surface area contributed by atoms with Crippen molar-refractivity contribution in [2.45, 2.75) is 26.1 Å². The van der Waals surface area contributed by atoms with E-state index in [4.69, 9.17) is 19.9 Å². The number of nitrogens with two attached hydrogens (primary N) is 1. The standard InChI is InChI=1S/C22H20F4N4O6/c1-4-34-20(32)11(2)35-19-15(6-5-7-28-19)36-16-9-14(12(23)8-13(16)27)30-18(31)10-17(22(24,25)26)29(3)21(30)33/h5-11H,4,27H2,1-3H3. The third kappa shape index (κ3) is 5.31. The summed E-state index contributed by atoms with van der Waals surface area (Å²) in [6.07, 6.45) is -4.72. The van der Waals surface area contributed by atoms with Crippen molar-refractivity contribution >= 4 is 11.7 Å². The lowest BCUT2D eigenvalue weighted by molar-refractivity contribution is -0.150. The van der Waals surface area contributed by atoms with Crippen LogP contribution in [0.3, 0.4) is 0 Å². The number of rotatable bonds is 7. The Bertz CT molecular complexity index is 1420. The molecule has 192 valence electrons. The van der Waals surface area contributed by atoms with Gasteiger partial charge in [-0.05, 0) is 26.0 Å². The molecular weight excluding hydrogens is 492 g/mol. The highest BCUT2D eigenvalue weighted by Crippen LogP contribution is 2.35. The van der Waals surface area contributed by atoms with Crippen LogP contribution in [-0.4, -0.2) is 32.8 Å². The molecule has 14 heteroatoms. The molecule has 0 bridgehead atoms. The first kappa shape index (κ1) is 26.2. The van der Waals surface area contributed by atoms with E-state index in [9.17, 15) is 31.9 Å². The molecular formula is C22H20F4N4O6. The van der Waals surface area contributed by atoms with E-state index < -0.39 is 46.7 Å². The molecule has 0 amide bonds. The minimum atomic E-state index is -4.99. The largest absolute Gasteiger partial charge is 0.463 e. The number of aromatic nitrogens is 3. The van der Waals surface area contributed by atoms with E-state index in [0.29, 0.717) is 0 Å². The number of ether oxygens (including phenoxy) is 3. The van der Waals surface area contributed by atoms with Crippen molar-refractivity contribution in [3.8, 4) is 23.1 Å². The van der Waals surface area contributed by atoms with Crippen molar-refractivity contribution in [2.75, 3.05) is 12.3 Å². The molecule has 0 saturated heterocycles. The van der Waals surface area contributed by atoms with Gasteiger partial charge in [0.15, 0.2) is 17.6 Å². The molecule has 3 aromatic rings. The number of alkyl halides is 3. The van der Waals surface area contributed by atoms with Gasteiger partial charge in [0, 0.05) is 31.4 Å². The van der Waals surface area contributed by atoms with Gasteiger partial charge in [-0.25, -0.2) is 23.5 Å². The smallest absolute Gasteiger partial charge is 0.431 e. The van der Waals surface area contributed by atoms with Crippen molar-refractivity contribution in [3.63, 3.8) is 0 Å². The Morgan fingerprint density at radius 3 is 2.53 bits per heavy atom. The van der Waals surface area contributed by atoms with Gasteiger partial charge in [-0.3, -0.25) is 9.36 Å². The third-order valence-electron chi connectivity index (χ3n) is 4.79. The summed E-state index contributed by atoms with van der Waals surface area (Å²) in [7, 11) is 0.789. The number of carbonyl (C=O) groups is 1. The van der Waals surface area contributed by atoms with Crippen LogP contribution >= 0.6 is 0 Å². The Balaban J connectivity index is 2.06. The van der Waals surface area contributed by atoms with Crippen LogP contribution in [0.15, 0.2) is 46.1 Å². The molecule has 0 spiro atoms. The molecule has 36 heavy (non-hydrogen) atoms. The van der Waals surface area contributed by atoms with E-state index in [1.165, 1.54) is 25.3 Å². The SMILES string of the molecule is CCOC(=O)C(C)Oc1ncccc1Oc1cc(-n2c(=O)cc(C(F)(F)F)n(C)c2=O)c(F)cc1N. The molecule has 2 N–H and O–H groups in total. The van der Waals surface area contributed by atoms with Gasteiger partial charge in [-0.1, -0.05) is 0 Å². The number of hydrogen-bond donors (Lipinski definition) is 1. The predicted molar refractivity (Wildman–Crippen MR) is 118 cm³/mol. The van der Waals surface area contributed by atoms with Crippen LogP contribution in [0.2, 0.25) is 0 Å². The van der Waals surface area contributed by atoms with Crippen LogP contribution in [0.5, 0.6) is 17.4 Å². The van der Waals surface area contributed by atoms with Gasteiger partial charge in [0.05, 0.1) is 18.0 Å². The summed E-state index contributed by atoms with van der Waals surface area (Å²) in [4.78, 5) is 40.8. The zero-order valence-electron chi connectivity index (χ0n) is 19.1. The minimum Gasteiger partial charge on any atom is -0.463 e. The van der Waals surface area contributed by atoms with Gasteiger partial charge >= 0.3 is 17.8 Å². The second kappa shape index (κ2) is 10.1. The summed E-state index contributed by atoms with van der Waals surface area (Å²) in [6.45, 7) is 3.15. The lowest BCUT2D eigenvalue weighted by atomic mass is 10.2. The topological polar surface area (TPSA) is 128 Å². The molecule has 0 radical (unpaired) electrons. The number of esters is 1. The van der Waals surface area contributed by atoms with Crippen molar-refractivity contribution in [1.29, 1.82) is 0 Å². The first-order chi connectivity index (χ1) is 16.8. The van der Waals surface area contributed by atoms with Crippen molar-refractivity contribution < 1.29 is 36.6 Å². The number of benzene rings is 1. The van der Waals surface area contributed by atoms with E-state index in [2.05, 4.69) is 4.98 Å². The number of anilines is 1. The Morgan fingerprint density at radius 1 is 1.19 bits per heavy atom. The zero-order valence-corrected chi connectivity index (χ0v) is 19.1. The normalized spacial score (nSPS) is 12.2. The van der Waals surface area contributed by atoms with Gasteiger partial charge in [0.1, 0.15) is 11.5 Å². The van der Waals surface area contributed by atoms with E-state index in [1.54, 1.807) is 6.92 Å². The van der Waals surface area contributed by atoms with Crippen LogP contribution in [-0.2, 0) is 22.8 Å². The second-order valence-electron chi connectivity index (χ2n) is 7.30. The number of carbonyl (C=O) groups excluding carboxylic acids is 1. The summed E-state index contributed by atoms with van der Waals surface area (Å²) in [5.74, 6) is -2.36. The van der Waals surface area contributed by atoms with E-state index in [-0.39, 0.29) is 44.9 Å². The first-order valence-electron chi connectivity index (χ1n) is 10.3. The molecule has 0 aliphatic rings. The minimum absolute atomic E-state index is 0.0782. The Kier molecular flexibility index (Phi) is 7.36. The predicted octanol–water partition coefficient (Wildman–Crippen LogP) is 2.79. The van der Waals surface area contributed by atoms with Gasteiger partial charge < -0.3 is 19.9 Å². The van der Waals surface area contributed by atoms with Crippen LogP contribution in [0.25, 0.3) is 5.69 Å². The Hall–Kier alpha value is -4.36. The van der Waals surface area contributed by atoms with Gasteiger partial charge in [-0.2, -0.15) is 13.2 Å². The van der Waals surface area contributed by atoms with Crippen molar-refractivity contribution in [3.05, 3.63) is 68.9 Å². The average Bonchev–Trinajstić information content (AvgIpc) is 2.79. The van der Waals surface area contributed by atoms with E-state index in [0.717, 1.165) is 19.2 Å². The molecule has 2 aromatic heterocycles. The van der Waals surface area contributed by atoms with Crippen molar-refractivity contribution in [1.82, 2.24) is 14.1 Å². The lowest BCUT2D eigenvalue weighted by Gasteiger charge is -2.17. The molecule has 0 fully saturated rings. The average molecular weight is 512 g/mol. The highest BCUT2D eigenvalue weighted by Gasteiger charge is 2.35. The molecule has 0 aliphatic carbocycles. The van der Waals surface area contributed by atoms with Gasteiger partial charge in [0.25, 0.3) is 11.4 Å². The van der Waals surface area contributed by atoms with Crippen LogP contribution in [0.4, 0.5) is 23.2 Å². The fourth-order valence-corrected chi connectivity index (χ4v) is 3.07. The van der Waals surface area contributed by atoms with Crippen LogP contribution in [0.1, 0.15) is 19.5 Å². The Labute approximate surface area is 200 Å². The maximum absolute atomic E-state index is 14.7. The summed E-state index contributed by atoms with van der Waals surface area (Å²) < 4.78 is 70.5. The first-order valence-corrected chi connectivity index (χ1v) is 10.3. The molecule has 3 rings (SSSR count). The number of nitrogens with zero attached hydrogens (tertiary/aromatic N) is 3. The maximum atomic E-state index is 14.7. The van der Waals surface area contributed by atoms with E-state index in [1.807, 2.05) is 0 Å². The molecule has 1 atom stereocenters. The number of halogens is 4. The number of nitrogen functional groups attached to an aromatic ring is 1. The highest BCUT2D eigenvalue weighted by atomic mass is 19.4. The summed E-state index contributed by atoms with van der Waals surface area (Å²) in [6, 6.07) is 4.60. The van der Waals surface area contributed by atoms with E-state index >= 15 is 0 Å². The zero-order chi connectivity index (χ0) is 26.8. The van der Waals surface area contributed by atoms with Gasteiger partial charge in [0.2, 0.25) is 0 Å².